The van der Waals surface area contributed by atoms with E-state index in [1.165, 1.54) is 0 Å². The molecule has 2 unspecified atom stereocenters. The Labute approximate surface area is 125 Å². The van der Waals surface area contributed by atoms with Crippen molar-refractivity contribution in [2.24, 2.45) is 0 Å². The maximum absolute atomic E-state index is 11.5. The van der Waals surface area contributed by atoms with Gasteiger partial charge in [-0.25, -0.2) is 4.98 Å². The number of rotatable bonds is 5. The molecule has 2 rings (SSSR count). The molecule has 0 aromatic carbocycles. The maximum Gasteiger partial charge on any atom is 0.323 e. The van der Waals surface area contributed by atoms with E-state index in [4.69, 9.17) is 0 Å². The van der Waals surface area contributed by atoms with Gasteiger partial charge in [0.15, 0.2) is 0 Å². The van der Waals surface area contributed by atoms with Crippen LogP contribution < -0.4 is 5.32 Å². The Bertz CT molecular complexity index is 454. The fourth-order valence-corrected chi connectivity index (χ4v) is 3.91. The van der Waals surface area contributed by atoms with Crippen LogP contribution in [0.1, 0.15) is 26.2 Å². The SMILES string of the molecule is CCNC1(C(=O)O)CCC(Sc2ccc(Br)cn2)C1. The summed E-state index contributed by atoms with van der Waals surface area (Å²) in [6.07, 6.45) is 4.01. The number of hydrogen-bond donors (Lipinski definition) is 2. The average molecular weight is 345 g/mol. The first-order chi connectivity index (χ1) is 9.05. The summed E-state index contributed by atoms with van der Waals surface area (Å²) in [5.74, 6) is -0.735. The number of carbonyl (C=O) groups is 1. The second kappa shape index (κ2) is 6.24. The van der Waals surface area contributed by atoms with Gasteiger partial charge in [-0.2, -0.15) is 0 Å². The molecule has 1 fully saturated rings. The Morgan fingerprint density at radius 3 is 3.05 bits per heavy atom. The summed E-state index contributed by atoms with van der Waals surface area (Å²) in [4.78, 5) is 15.8. The Balaban J connectivity index is 2.01. The number of carboxylic acid groups (broad SMARTS) is 1. The number of hydrogen-bond acceptors (Lipinski definition) is 4. The highest BCUT2D eigenvalue weighted by Crippen LogP contribution is 2.40. The van der Waals surface area contributed by atoms with Gasteiger partial charge in [0.1, 0.15) is 5.54 Å². The van der Waals surface area contributed by atoms with Crippen LogP contribution in [0.2, 0.25) is 0 Å². The molecule has 1 aliphatic rings. The standard InChI is InChI=1S/C13H17BrN2O2S/c1-2-16-13(12(17)18)6-5-10(7-13)19-11-4-3-9(14)8-15-11/h3-4,8,10,16H,2,5-7H2,1H3,(H,17,18). The summed E-state index contributed by atoms with van der Waals surface area (Å²) in [7, 11) is 0. The van der Waals surface area contributed by atoms with Gasteiger partial charge in [0.2, 0.25) is 0 Å². The molecule has 0 radical (unpaired) electrons. The highest BCUT2D eigenvalue weighted by atomic mass is 79.9. The van der Waals surface area contributed by atoms with Crippen LogP contribution in [-0.4, -0.2) is 33.4 Å². The van der Waals surface area contributed by atoms with Gasteiger partial charge in [-0.15, -0.1) is 11.8 Å². The summed E-state index contributed by atoms with van der Waals surface area (Å²) in [5.41, 5.74) is -0.748. The van der Waals surface area contributed by atoms with Crippen molar-refractivity contribution in [1.29, 1.82) is 0 Å². The predicted molar refractivity (Wildman–Crippen MR) is 79.5 cm³/mol. The predicted octanol–water partition coefficient (Wildman–Crippen LogP) is 2.92. The second-order valence-corrected chi connectivity index (χ2v) is 6.95. The van der Waals surface area contributed by atoms with E-state index >= 15 is 0 Å². The lowest BCUT2D eigenvalue weighted by atomic mass is 9.98. The van der Waals surface area contributed by atoms with Crippen LogP contribution in [-0.2, 0) is 4.79 Å². The lowest BCUT2D eigenvalue weighted by Gasteiger charge is -2.25. The molecule has 0 spiro atoms. The molecule has 2 N–H and O–H groups in total. The van der Waals surface area contributed by atoms with Crippen molar-refractivity contribution >= 4 is 33.7 Å². The number of carboxylic acids is 1. The van der Waals surface area contributed by atoms with Gasteiger partial charge in [-0.3, -0.25) is 4.79 Å². The minimum Gasteiger partial charge on any atom is -0.480 e. The Hall–Kier alpha value is -0.590. The average Bonchev–Trinajstić information content (AvgIpc) is 2.77. The molecule has 0 aliphatic heterocycles. The molecule has 104 valence electrons. The zero-order chi connectivity index (χ0) is 13.9. The maximum atomic E-state index is 11.5. The number of nitrogens with one attached hydrogen (secondary N) is 1. The van der Waals surface area contributed by atoms with E-state index in [2.05, 4.69) is 26.2 Å². The first kappa shape index (κ1) is 14.8. The Kier molecular flexibility index (Phi) is 4.86. The fraction of sp³-hybridized carbons (Fsp3) is 0.538. The second-order valence-electron chi connectivity index (χ2n) is 4.71. The summed E-state index contributed by atoms with van der Waals surface area (Å²) in [6, 6.07) is 3.92. The molecule has 2 atom stereocenters. The molecule has 19 heavy (non-hydrogen) atoms. The smallest absolute Gasteiger partial charge is 0.323 e. The van der Waals surface area contributed by atoms with E-state index < -0.39 is 11.5 Å². The number of thioether (sulfide) groups is 1. The number of nitrogens with zero attached hydrogens (tertiary/aromatic N) is 1. The van der Waals surface area contributed by atoms with Crippen LogP contribution in [0.15, 0.2) is 27.8 Å². The Morgan fingerprint density at radius 1 is 1.68 bits per heavy atom. The summed E-state index contributed by atoms with van der Waals surface area (Å²) < 4.78 is 0.954. The third-order valence-electron chi connectivity index (χ3n) is 3.38. The molecule has 4 nitrogen and oxygen atoms in total. The van der Waals surface area contributed by atoms with Crippen LogP contribution in [0.4, 0.5) is 0 Å². The molecular formula is C13H17BrN2O2S. The van der Waals surface area contributed by atoms with E-state index in [1.54, 1.807) is 18.0 Å². The van der Waals surface area contributed by atoms with Crippen LogP contribution in [0, 0.1) is 0 Å². The van der Waals surface area contributed by atoms with E-state index in [0.29, 0.717) is 24.6 Å². The van der Waals surface area contributed by atoms with Gasteiger partial charge in [-0.1, -0.05) is 6.92 Å². The first-order valence-corrected chi connectivity index (χ1v) is 7.99. The van der Waals surface area contributed by atoms with E-state index in [-0.39, 0.29) is 0 Å². The van der Waals surface area contributed by atoms with Gasteiger partial charge >= 0.3 is 5.97 Å². The van der Waals surface area contributed by atoms with Crippen LogP contribution in [0.5, 0.6) is 0 Å². The molecule has 1 heterocycles. The first-order valence-electron chi connectivity index (χ1n) is 6.32. The van der Waals surface area contributed by atoms with Crippen molar-refractivity contribution in [3.05, 3.63) is 22.8 Å². The summed E-state index contributed by atoms with van der Waals surface area (Å²) in [5, 5.41) is 13.8. The summed E-state index contributed by atoms with van der Waals surface area (Å²) in [6.45, 7) is 2.63. The highest BCUT2D eigenvalue weighted by molar-refractivity contribution is 9.10. The summed E-state index contributed by atoms with van der Waals surface area (Å²) >= 11 is 5.03. The fourth-order valence-electron chi connectivity index (χ4n) is 2.47. The van der Waals surface area contributed by atoms with Crippen LogP contribution in [0.3, 0.4) is 0 Å². The van der Waals surface area contributed by atoms with Crippen molar-refractivity contribution in [1.82, 2.24) is 10.3 Å². The quantitative estimate of drug-likeness (QED) is 0.859. The molecule has 1 aromatic rings. The van der Waals surface area contributed by atoms with E-state index in [1.807, 2.05) is 19.1 Å². The number of pyridine rings is 1. The molecule has 0 saturated heterocycles. The van der Waals surface area contributed by atoms with Crippen LogP contribution >= 0.6 is 27.7 Å². The largest absolute Gasteiger partial charge is 0.480 e. The van der Waals surface area contributed by atoms with E-state index in [9.17, 15) is 9.90 Å². The van der Waals surface area contributed by atoms with Gasteiger partial charge in [0.25, 0.3) is 0 Å². The van der Waals surface area contributed by atoms with Gasteiger partial charge in [-0.05, 0) is 53.9 Å². The van der Waals surface area contributed by atoms with Crippen molar-refractivity contribution in [2.75, 3.05) is 6.54 Å². The third-order valence-corrected chi connectivity index (χ3v) is 5.07. The molecule has 6 heteroatoms. The minimum absolute atomic E-state index is 0.309. The number of aliphatic carboxylic acids is 1. The molecule has 0 bridgehead atoms. The molecule has 1 saturated carbocycles. The molecule has 1 aromatic heterocycles. The van der Waals surface area contributed by atoms with Crippen molar-refractivity contribution < 1.29 is 9.90 Å². The minimum atomic E-state index is -0.748. The number of halogens is 1. The third kappa shape index (κ3) is 3.49. The lowest BCUT2D eigenvalue weighted by Crippen LogP contribution is -2.50. The molecular weight excluding hydrogens is 328 g/mol. The van der Waals surface area contributed by atoms with Crippen molar-refractivity contribution in [2.45, 2.75) is 42.0 Å². The Morgan fingerprint density at radius 2 is 2.47 bits per heavy atom. The van der Waals surface area contributed by atoms with Crippen LogP contribution in [0.25, 0.3) is 0 Å². The molecule has 1 aliphatic carbocycles. The van der Waals surface area contributed by atoms with E-state index in [0.717, 1.165) is 15.9 Å². The normalized spacial score (nSPS) is 26.5. The molecule has 0 amide bonds. The van der Waals surface area contributed by atoms with Gasteiger partial charge in [0.05, 0.1) is 5.03 Å². The number of aromatic nitrogens is 1. The van der Waals surface area contributed by atoms with Crippen molar-refractivity contribution in [3.63, 3.8) is 0 Å². The lowest BCUT2D eigenvalue weighted by molar-refractivity contribution is -0.144. The number of likely N-dealkylation sites (N-methyl/N-ethyl adjacent to an activating group) is 1. The monoisotopic (exact) mass is 344 g/mol. The zero-order valence-corrected chi connectivity index (χ0v) is 13.1. The van der Waals surface area contributed by atoms with Crippen molar-refractivity contribution in [3.8, 4) is 0 Å². The van der Waals surface area contributed by atoms with Gasteiger partial charge in [0, 0.05) is 15.9 Å². The zero-order valence-electron chi connectivity index (χ0n) is 10.7. The van der Waals surface area contributed by atoms with Gasteiger partial charge < -0.3 is 10.4 Å². The highest BCUT2D eigenvalue weighted by Gasteiger charge is 2.45. The topological polar surface area (TPSA) is 62.2 Å².